The Bertz CT molecular complexity index is 378. The average Bonchev–Trinajstić information content (AvgIpc) is 2.44. The van der Waals surface area contributed by atoms with Crippen LogP contribution in [0.4, 0.5) is 9.59 Å². The van der Waals surface area contributed by atoms with Crippen LogP contribution in [0.5, 0.6) is 0 Å². The molecule has 2 fully saturated rings. The molecule has 2 bridgehead atoms. The number of hydrogen-bond donors (Lipinski definition) is 4. The number of aliphatic hydroxyl groups excluding tert-OH is 4. The third kappa shape index (κ3) is 1.94. The molecule has 4 amide bonds. The van der Waals surface area contributed by atoms with Crippen molar-refractivity contribution >= 4 is 12.1 Å². The highest BCUT2D eigenvalue weighted by molar-refractivity contribution is 5.82. The molecule has 0 saturated carbocycles. The molecule has 2 aliphatic rings. The lowest BCUT2D eigenvalue weighted by Gasteiger charge is -2.62. The fourth-order valence-electron chi connectivity index (χ4n) is 3.38. The van der Waals surface area contributed by atoms with Gasteiger partial charge in [0.2, 0.25) is 0 Å². The molecule has 120 valence electrons. The largest absolute Gasteiger partial charge is 0.376 e. The maximum atomic E-state index is 12.3. The predicted molar refractivity (Wildman–Crippen MR) is 67.8 cm³/mol. The van der Waals surface area contributed by atoms with Crippen LogP contribution >= 0.6 is 0 Å². The lowest BCUT2D eigenvalue weighted by atomic mass is 9.79. The van der Waals surface area contributed by atoms with Gasteiger partial charge in [0.05, 0.1) is 0 Å². The zero-order valence-corrected chi connectivity index (χ0v) is 11.9. The summed E-state index contributed by atoms with van der Waals surface area (Å²) in [5.41, 5.74) is -0.835. The minimum absolute atomic E-state index is 0.668. The van der Waals surface area contributed by atoms with Gasteiger partial charge >= 0.3 is 12.1 Å². The quantitative estimate of drug-likeness (QED) is 0.473. The van der Waals surface area contributed by atoms with Crippen molar-refractivity contribution in [2.75, 3.05) is 26.9 Å². The van der Waals surface area contributed by atoms with E-state index >= 15 is 0 Å². The van der Waals surface area contributed by atoms with Gasteiger partial charge in [-0.25, -0.2) is 9.59 Å². The third-order valence-corrected chi connectivity index (χ3v) is 4.10. The number of carbonyl (C=O) groups is 2. The Kier molecular flexibility index (Phi) is 3.97. The average molecular weight is 304 g/mol. The van der Waals surface area contributed by atoms with Gasteiger partial charge in [0.1, 0.15) is 39.3 Å². The molecule has 2 aliphatic heterocycles. The Balaban J connectivity index is 2.59. The van der Waals surface area contributed by atoms with E-state index in [0.29, 0.717) is 0 Å². The first-order chi connectivity index (χ1) is 9.86. The summed E-state index contributed by atoms with van der Waals surface area (Å²) in [5.74, 6) is 0. The number of nitrogens with zero attached hydrogens (tertiary/aromatic N) is 4. The summed E-state index contributed by atoms with van der Waals surface area (Å²) in [6.45, 7) is 0.770. The molecule has 10 heteroatoms. The fraction of sp³-hybridized carbons (Fsp3) is 0.818. The van der Waals surface area contributed by atoms with E-state index in [0.717, 1.165) is 19.6 Å². The van der Waals surface area contributed by atoms with E-state index < -0.39 is 56.7 Å². The number of aliphatic hydroxyl groups is 4. The number of hydrogen-bond acceptors (Lipinski definition) is 6. The summed E-state index contributed by atoms with van der Waals surface area (Å²) in [5, 5.41) is 37.8. The number of carbonyl (C=O) groups excluding carboxylic acids is 2. The fourth-order valence-corrected chi connectivity index (χ4v) is 3.38. The normalized spacial score (nSPS) is 28.5. The highest BCUT2D eigenvalue weighted by Gasteiger charge is 2.61. The van der Waals surface area contributed by atoms with Gasteiger partial charge in [-0.2, -0.15) is 0 Å². The van der Waals surface area contributed by atoms with Crippen LogP contribution in [0, 0.1) is 5.41 Å². The second-order valence-electron chi connectivity index (χ2n) is 5.58. The van der Waals surface area contributed by atoms with E-state index in [1.54, 1.807) is 13.8 Å². The van der Waals surface area contributed by atoms with E-state index in [-0.39, 0.29) is 0 Å². The van der Waals surface area contributed by atoms with Crippen molar-refractivity contribution in [1.82, 2.24) is 19.6 Å². The molecule has 4 N–H and O–H groups in total. The van der Waals surface area contributed by atoms with Crippen molar-refractivity contribution in [3.63, 3.8) is 0 Å². The first kappa shape index (κ1) is 15.8. The molecule has 0 aromatic carbocycles. The van der Waals surface area contributed by atoms with Crippen molar-refractivity contribution in [2.45, 2.75) is 26.2 Å². The highest BCUT2D eigenvalue weighted by atomic mass is 16.3. The first-order valence-corrected chi connectivity index (χ1v) is 6.44. The minimum Gasteiger partial charge on any atom is -0.376 e. The van der Waals surface area contributed by atoms with Crippen molar-refractivity contribution in [3.8, 4) is 0 Å². The predicted octanol–water partition coefficient (Wildman–Crippen LogP) is -2.06. The second-order valence-corrected chi connectivity index (χ2v) is 5.58. The van der Waals surface area contributed by atoms with Crippen molar-refractivity contribution in [3.05, 3.63) is 0 Å². The molecular weight excluding hydrogens is 284 g/mol. The van der Waals surface area contributed by atoms with Gasteiger partial charge in [0.25, 0.3) is 0 Å². The summed E-state index contributed by atoms with van der Waals surface area (Å²) < 4.78 is 0. The van der Waals surface area contributed by atoms with Gasteiger partial charge in [-0.15, -0.1) is 0 Å². The SMILES string of the molecule is CC1(C)C2N(CO)C(=O)N(CO)C1N(CO)C(=O)N2CO. The van der Waals surface area contributed by atoms with Gasteiger partial charge in [0, 0.05) is 5.41 Å². The Morgan fingerprint density at radius 2 is 1.00 bits per heavy atom. The summed E-state index contributed by atoms with van der Waals surface area (Å²) in [7, 11) is 0. The van der Waals surface area contributed by atoms with E-state index in [4.69, 9.17) is 0 Å². The molecule has 0 atom stereocenters. The van der Waals surface area contributed by atoms with E-state index in [2.05, 4.69) is 0 Å². The molecule has 0 spiro atoms. The lowest BCUT2D eigenvalue weighted by molar-refractivity contribution is -0.196. The zero-order valence-electron chi connectivity index (χ0n) is 11.9. The Morgan fingerprint density at radius 3 is 1.19 bits per heavy atom. The van der Waals surface area contributed by atoms with Crippen molar-refractivity contribution in [2.24, 2.45) is 5.41 Å². The van der Waals surface area contributed by atoms with Crippen LogP contribution in [0.3, 0.4) is 0 Å². The van der Waals surface area contributed by atoms with E-state index in [9.17, 15) is 30.0 Å². The van der Waals surface area contributed by atoms with Crippen LogP contribution in [0.25, 0.3) is 0 Å². The van der Waals surface area contributed by atoms with Gasteiger partial charge in [0.15, 0.2) is 0 Å². The van der Waals surface area contributed by atoms with E-state index in [1.807, 2.05) is 0 Å². The summed E-state index contributed by atoms with van der Waals surface area (Å²) in [4.78, 5) is 28.6. The van der Waals surface area contributed by atoms with Crippen molar-refractivity contribution in [1.29, 1.82) is 0 Å². The third-order valence-electron chi connectivity index (χ3n) is 4.10. The van der Waals surface area contributed by atoms with Gasteiger partial charge < -0.3 is 20.4 Å². The molecule has 10 nitrogen and oxygen atoms in total. The Morgan fingerprint density at radius 1 is 0.762 bits per heavy atom. The van der Waals surface area contributed by atoms with E-state index in [1.165, 1.54) is 0 Å². The molecule has 0 aromatic rings. The molecule has 2 saturated heterocycles. The molecule has 0 aliphatic carbocycles. The zero-order chi connectivity index (χ0) is 15.9. The molecule has 2 heterocycles. The van der Waals surface area contributed by atoms with Gasteiger partial charge in [-0.1, -0.05) is 13.8 Å². The summed E-state index contributed by atoms with van der Waals surface area (Å²) in [6.07, 6.45) is -1.77. The molecule has 21 heavy (non-hydrogen) atoms. The Hall–Kier alpha value is -1.62. The highest BCUT2D eigenvalue weighted by Crippen LogP contribution is 2.44. The van der Waals surface area contributed by atoms with Crippen LogP contribution in [0.1, 0.15) is 13.8 Å². The Labute approximate surface area is 121 Å². The summed E-state index contributed by atoms with van der Waals surface area (Å²) in [6, 6.07) is -1.36. The van der Waals surface area contributed by atoms with Crippen LogP contribution in [0.15, 0.2) is 0 Å². The van der Waals surface area contributed by atoms with Gasteiger partial charge in [-0.05, 0) is 0 Å². The lowest BCUT2D eigenvalue weighted by Crippen LogP contribution is -2.81. The molecule has 0 radical (unpaired) electrons. The smallest absolute Gasteiger partial charge is 0.327 e. The van der Waals surface area contributed by atoms with Gasteiger partial charge in [-0.3, -0.25) is 19.6 Å². The van der Waals surface area contributed by atoms with Crippen LogP contribution in [0.2, 0.25) is 0 Å². The topological polar surface area (TPSA) is 128 Å². The maximum Gasteiger partial charge on any atom is 0.327 e. The molecule has 2 rings (SSSR count). The second kappa shape index (κ2) is 5.30. The number of amides is 4. The molecule has 0 aromatic heterocycles. The minimum atomic E-state index is -0.886. The monoisotopic (exact) mass is 304 g/mol. The maximum absolute atomic E-state index is 12.3. The molecule has 0 unspecified atom stereocenters. The summed E-state index contributed by atoms with van der Waals surface area (Å²) >= 11 is 0. The molecular formula is C11H20N4O6. The number of fused-ring (bicyclic) bond motifs is 2. The van der Waals surface area contributed by atoms with Crippen LogP contribution in [-0.2, 0) is 0 Å². The first-order valence-electron chi connectivity index (χ1n) is 6.44. The standard InChI is InChI=1S/C11H20N4O6/c1-11(2)7-12(3-16)9(20)14(5-18)8(11)15(6-19)10(21)13(7)4-17/h7-8,16-19H,3-6H2,1-2H3. The number of rotatable bonds is 4. The van der Waals surface area contributed by atoms with Crippen LogP contribution < -0.4 is 0 Å². The number of urea groups is 2. The van der Waals surface area contributed by atoms with Crippen molar-refractivity contribution < 1.29 is 30.0 Å². The van der Waals surface area contributed by atoms with Crippen LogP contribution in [-0.4, -0.2) is 91.3 Å².